The van der Waals surface area contributed by atoms with Crippen molar-refractivity contribution in [2.75, 3.05) is 0 Å². The highest BCUT2D eigenvalue weighted by atomic mass is 16.6. The Kier molecular flexibility index (Phi) is 11.8. The summed E-state index contributed by atoms with van der Waals surface area (Å²) < 4.78 is 4.70. The second-order valence-corrected chi connectivity index (χ2v) is 5.02. The van der Waals surface area contributed by atoms with E-state index in [1.54, 1.807) is 0 Å². The van der Waals surface area contributed by atoms with Crippen LogP contribution in [0.25, 0.3) is 0 Å². The fourth-order valence-corrected chi connectivity index (χ4v) is 1.81. The van der Waals surface area contributed by atoms with Crippen molar-refractivity contribution in [3.05, 3.63) is 0 Å². The van der Waals surface area contributed by atoms with Crippen LogP contribution in [-0.2, 0) is 14.3 Å². The van der Waals surface area contributed by atoms with Crippen LogP contribution < -0.4 is 0 Å². The fourth-order valence-electron chi connectivity index (χ4n) is 1.81. The summed E-state index contributed by atoms with van der Waals surface area (Å²) in [7, 11) is 0. The van der Waals surface area contributed by atoms with Gasteiger partial charge in [0.15, 0.2) is 6.29 Å². The van der Waals surface area contributed by atoms with Crippen LogP contribution in [0, 0.1) is 0 Å². The van der Waals surface area contributed by atoms with Gasteiger partial charge in [0.05, 0.1) is 0 Å². The summed E-state index contributed by atoms with van der Waals surface area (Å²) in [6.07, 6.45) is 2.50. The number of hydrogen-bond donors (Lipinski definition) is 4. The Bertz CT molecular complexity index is 291. The van der Waals surface area contributed by atoms with E-state index in [9.17, 15) is 14.7 Å². The molecule has 0 aromatic carbocycles. The van der Waals surface area contributed by atoms with E-state index < -0.39 is 24.5 Å². The Labute approximate surface area is 124 Å². The van der Waals surface area contributed by atoms with Crippen LogP contribution in [0.2, 0.25) is 0 Å². The summed E-state index contributed by atoms with van der Waals surface area (Å²) in [6.45, 7) is 0. The number of unbranched alkanes of at least 4 members (excludes halogenated alkanes) is 5. The van der Waals surface area contributed by atoms with Gasteiger partial charge in [-0.15, -0.1) is 0 Å². The Balaban J connectivity index is 3.39. The first-order valence-electron chi connectivity index (χ1n) is 7.37. The molecule has 4 N–H and O–H groups in total. The van der Waals surface area contributed by atoms with Gasteiger partial charge < -0.3 is 25.2 Å². The number of rotatable bonds is 13. The lowest BCUT2D eigenvalue weighted by Crippen LogP contribution is -2.19. The molecule has 0 heterocycles. The van der Waals surface area contributed by atoms with E-state index in [1.165, 1.54) is 0 Å². The molecule has 0 aliphatic rings. The Morgan fingerprint density at radius 1 is 0.810 bits per heavy atom. The zero-order valence-electron chi connectivity index (χ0n) is 12.2. The van der Waals surface area contributed by atoms with E-state index in [-0.39, 0.29) is 25.7 Å². The fraction of sp³-hybridized carbons (Fsp3) is 0.857. The van der Waals surface area contributed by atoms with Crippen LogP contribution in [0.1, 0.15) is 64.2 Å². The summed E-state index contributed by atoms with van der Waals surface area (Å²) in [5.41, 5.74) is 0. The predicted molar refractivity (Wildman–Crippen MR) is 74.1 cm³/mol. The van der Waals surface area contributed by atoms with Gasteiger partial charge in [-0.2, -0.15) is 0 Å². The second kappa shape index (κ2) is 12.6. The highest BCUT2D eigenvalue weighted by Crippen LogP contribution is 2.10. The lowest BCUT2D eigenvalue weighted by molar-refractivity contribution is -0.171. The number of aliphatic hydroxyl groups is 3. The topological polar surface area (TPSA) is 124 Å². The van der Waals surface area contributed by atoms with Crippen LogP contribution in [0.5, 0.6) is 0 Å². The number of aliphatic carboxylic acids is 1. The number of carboxylic acids is 1. The molecule has 0 fully saturated rings. The molecule has 0 saturated carbocycles. The molecule has 1 atom stereocenters. The van der Waals surface area contributed by atoms with Crippen LogP contribution >= 0.6 is 0 Å². The number of esters is 1. The molecule has 21 heavy (non-hydrogen) atoms. The summed E-state index contributed by atoms with van der Waals surface area (Å²) in [4.78, 5) is 21.6. The maximum absolute atomic E-state index is 11.3. The van der Waals surface area contributed by atoms with Gasteiger partial charge in [-0.25, -0.2) is 0 Å². The van der Waals surface area contributed by atoms with Crippen LogP contribution in [0.4, 0.5) is 0 Å². The van der Waals surface area contributed by atoms with Gasteiger partial charge in [0.2, 0.25) is 6.29 Å². The molecule has 0 saturated heterocycles. The molecule has 0 spiro atoms. The third-order valence-electron chi connectivity index (χ3n) is 2.96. The van der Waals surface area contributed by atoms with Crippen molar-refractivity contribution in [1.29, 1.82) is 0 Å². The second-order valence-electron chi connectivity index (χ2n) is 5.02. The molecule has 7 nitrogen and oxygen atoms in total. The Morgan fingerprint density at radius 2 is 1.33 bits per heavy atom. The maximum Gasteiger partial charge on any atom is 0.308 e. The molecule has 0 aromatic rings. The number of carbonyl (C=O) groups excluding carboxylic acids is 1. The van der Waals surface area contributed by atoms with E-state index in [0.29, 0.717) is 12.8 Å². The van der Waals surface area contributed by atoms with E-state index in [2.05, 4.69) is 0 Å². The number of carboxylic acid groups (broad SMARTS) is 1. The lowest BCUT2D eigenvalue weighted by Gasteiger charge is -2.12. The third kappa shape index (κ3) is 15.0. The highest BCUT2D eigenvalue weighted by Gasteiger charge is 2.12. The van der Waals surface area contributed by atoms with Gasteiger partial charge in [-0.05, 0) is 12.8 Å². The minimum Gasteiger partial charge on any atom is -0.481 e. The van der Waals surface area contributed by atoms with Crippen molar-refractivity contribution < 1.29 is 34.8 Å². The van der Waals surface area contributed by atoms with E-state index >= 15 is 0 Å². The lowest BCUT2D eigenvalue weighted by atomic mass is 10.1. The van der Waals surface area contributed by atoms with Crippen LogP contribution in [0.15, 0.2) is 0 Å². The van der Waals surface area contributed by atoms with E-state index in [4.69, 9.17) is 20.1 Å². The van der Waals surface area contributed by atoms with Crippen LogP contribution in [0.3, 0.4) is 0 Å². The first kappa shape index (κ1) is 19.8. The maximum atomic E-state index is 11.3. The zero-order chi connectivity index (χ0) is 16.1. The smallest absolute Gasteiger partial charge is 0.308 e. The van der Waals surface area contributed by atoms with Crippen molar-refractivity contribution >= 4 is 11.9 Å². The molecular weight excluding hydrogens is 280 g/mol. The SMILES string of the molecule is O=C(O)CCCCCCCCC(=O)OC(O)CCC(O)O. The van der Waals surface area contributed by atoms with Gasteiger partial charge in [0.1, 0.15) is 0 Å². The van der Waals surface area contributed by atoms with Gasteiger partial charge in [0, 0.05) is 25.7 Å². The largest absolute Gasteiger partial charge is 0.481 e. The minimum atomic E-state index is -1.51. The number of ether oxygens (including phenoxy) is 1. The predicted octanol–water partition coefficient (Wildman–Crippen LogP) is 1.14. The van der Waals surface area contributed by atoms with E-state index in [0.717, 1.165) is 25.7 Å². The normalized spacial score (nSPS) is 12.4. The van der Waals surface area contributed by atoms with Crippen molar-refractivity contribution in [3.8, 4) is 0 Å². The summed E-state index contributed by atoms with van der Waals surface area (Å²) >= 11 is 0. The molecular formula is C14H26O7. The van der Waals surface area contributed by atoms with Crippen molar-refractivity contribution in [1.82, 2.24) is 0 Å². The average molecular weight is 306 g/mol. The molecule has 1 unspecified atom stereocenters. The molecule has 0 aromatic heterocycles. The molecule has 0 radical (unpaired) electrons. The molecule has 7 heteroatoms. The number of aliphatic hydroxyl groups excluding tert-OH is 2. The van der Waals surface area contributed by atoms with E-state index in [1.807, 2.05) is 0 Å². The number of hydrogen-bond acceptors (Lipinski definition) is 6. The standard InChI is InChI=1S/C14H26O7/c15-11(16)7-5-3-1-2-4-6-8-13(19)21-14(20)10-9-12(17)18/h12,14,17-18,20H,1-10H2,(H,15,16). The van der Waals surface area contributed by atoms with Gasteiger partial charge in [-0.1, -0.05) is 25.7 Å². The first-order valence-corrected chi connectivity index (χ1v) is 7.37. The summed E-state index contributed by atoms with van der Waals surface area (Å²) in [6, 6.07) is 0. The molecule has 0 aliphatic carbocycles. The van der Waals surface area contributed by atoms with Crippen molar-refractivity contribution in [3.63, 3.8) is 0 Å². The van der Waals surface area contributed by atoms with Gasteiger partial charge in [-0.3, -0.25) is 9.59 Å². The molecule has 0 rings (SSSR count). The monoisotopic (exact) mass is 306 g/mol. The molecule has 0 bridgehead atoms. The quantitative estimate of drug-likeness (QED) is 0.228. The van der Waals surface area contributed by atoms with Crippen molar-refractivity contribution in [2.45, 2.75) is 76.8 Å². The first-order chi connectivity index (χ1) is 9.91. The van der Waals surface area contributed by atoms with Gasteiger partial charge >= 0.3 is 11.9 Å². The van der Waals surface area contributed by atoms with Crippen molar-refractivity contribution in [2.24, 2.45) is 0 Å². The zero-order valence-corrected chi connectivity index (χ0v) is 12.2. The average Bonchev–Trinajstić information content (AvgIpc) is 2.39. The summed E-state index contributed by atoms with van der Waals surface area (Å²) in [5.74, 6) is -1.27. The summed E-state index contributed by atoms with van der Waals surface area (Å²) in [5, 5.41) is 35.0. The molecule has 0 aliphatic heterocycles. The Morgan fingerprint density at radius 3 is 1.86 bits per heavy atom. The Hall–Kier alpha value is -1.18. The molecule has 124 valence electrons. The molecule has 0 amide bonds. The third-order valence-corrected chi connectivity index (χ3v) is 2.96. The van der Waals surface area contributed by atoms with Crippen LogP contribution in [-0.4, -0.2) is 44.9 Å². The minimum absolute atomic E-state index is 0.00696. The van der Waals surface area contributed by atoms with Gasteiger partial charge in [0.25, 0.3) is 0 Å². The number of carbonyl (C=O) groups is 2. The highest BCUT2D eigenvalue weighted by molar-refractivity contribution is 5.69.